The number of ether oxygens (including phenoxy) is 1. The van der Waals surface area contributed by atoms with Crippen molar-refractivity contribution in [2.24, 2.45) is 0 Å². The topological polar surface area (TPSA) is 97.7 Å². The molecule has 3 rings (SSSR count). The molecule has 0 aromatic carbocycles. The summed E-state index contributed by atoms with van der Waals surface area (Å²) >= 11 is 0. The van der Waals surface area contributed by atoms with Crippen molar-refractivity contribution in [3.05, 3.63) is 35.1 Å². The maximum Gasteiger partial charge on any atom is 0.422 e. The molecule has 0 atom stereocenters. The monoisotopic (exact) mass is 382 g/mol. The highest BCUT2D eigenvalue weighted by Gasteiger charge is 2.29. The van der Waals surface area contributed by atoms with Gasteiger partial charge >= 0.3 is 6.18 Å². The third-order valence-electron chi connectivity index (χ3n) is 3.65. The van der Waals surface area contributed by atoms with Crippen LogP contribution in [0.4, 0.5) is 13.2 Å². The van der Waals surface area contributed by atoms with Gasteiger partial charge in [-0.15, -0.1) is 0 Å². The number of aromatic amines is 1. The Morgan fingerprint density at radius 3 is 2.89 bits per heavy atom. The number of halogens is 3. The van der Waals surface area contributed by atoms with Crippen molar-refractivity contribution in [2.45, 2.75) is 19.6 Å². The normalized spacial score (nSPS) is 11.9. The molecule has 11 heteroatoms. The smallest absolute Gasteiger partial charge is 0.422 e. The second-order valence-electron chi connectivity index (χ2n) is 5.68. The predicted molar refractivity (Wildman–Crippen MR) is 91.5 cm³/mol. The van der Waals surface area contributed by atoms with Gasteiger partial charge in [0.05, 0.1) is 11.7 Å². The zero-order valence-corrected chi connectivity index (χ0v) is 14.4. The molecule has 3 aromatic heterocycles. The standard InChI is InChI=1S/C16H17F3N6O2/c1-2-20-5-6-25-7-11(22-9-25)13-12-10(3-4-21-13)14(26)24-15(23-12)27-8-16(17,18)19/h3-4,7,9,20H,2,5-6,8H2,1H3,(H,23,24,26). The van der Waals surface area contributed by atoms with E-state index in [-0.39, 0.29) is 16.6 Å². The zero-order valence-electron chi connectivity index (χ0n) is 14.4. The SMILES string of the molecule is CCNCCn1cnc(-c2nccc3c(=O)[nH]c(OCC(F)(F)F)nc23)c1. The number of likely N-dealkylation sites (N-methyl/N-ethyl adjacent to an activating group) is 1. The van der Waals surface area contributed by atoms with Gasteiger partial charge in [0.25, 0.3) is 11.6 Å². The molecule has 27 heavy (non-hydrogen) atoms. The van der Waals surface area contributed by atoms with Crippen LogP contribution in [-0.2, 0) is 6.54 Å². The largest absolute Gasteiger partial charge is 0.455 e. The fraction of sp³-hybridized carbons (Fsp3) is 0.375. The fourth-order valence-electron chi connectivity index (χ4n) is 2.44. The molecule has 0 unspecified atom stereocenters. The van der Waals surface area contributed by atoms with E-state index in [1.54, 1.807) is 12.5 Å². The first-order valence-corrected chi connectivity index (χ1v) is 8.19. The van der Waals surface area contributed by atoms with E-state index in [0.717, 1.165) is 13.1 Å². The quantitative estimate of drug-likeness (QED) is 0.604. The van der Waals surface area contributed by atoms with Crippen LogP contribution in [0.2, 0.25) is 0 Å². The number of aromatic nitrogens is 5. The molecule has 2 N–H and O–H groups in total. The highest BCUT2D eigenvalue weighted by Crippen LogP contribution is 2.23. The van der Waals surface area contributed by atoms with Crippen molar-refractivity contribution in [3.63, 3.8) is 0 Å². The predicted octanol–water partition coefficient (Wildman–Crippen LogP) is 1.73. The van der Waals surface area contributed by atoms with E-state index >= 15 is 0 Å². The molecule has 0 fully saturated rings. The number of rotatable bonds is 7. The molecule has 0 aliphatic heterocycles. The Bertz CT molecular complexity index is 982. The molecule has 144 valence electrons. The lowest BCUT2D eigenvalue weighted by Gasteiger charge is -2.09. The summed E-state index contributed by atoms with van der Waals surface area (Å²) in [5, 5.41) is 3.37. The molecule has 0 aliphatic rings. The second-order valence-corrected chi connectivity index (χ2v) is 5.68. The second kappa shape index (κ2) is 7.74. The number of nitrogens with zero attached hydrogens (tertiary/aromatic N) is 4. The van der Waals surface area contributed by atoms with Crippen LogP contribution >= 0.6 is 0 Å². The van der Waals surface area contributed by atoms with Gasteiger partial charge < -0.3 is 14.6 Å². The molecule has 0 amide bonds. The molecule has 0 radical (unpaired) electrons. The third-order valence-corrected chi connectivity index (χ3v) is 3.65. The number of hydrogen-bond acceptors (Lipinski definition) is 6. The Hall–Kier alpha value is -2.95. The Morgan fingerprint density at radius 2 is 2.15 bits per heavy atom. The Morgan fingerprint density at radius 1 is 1.33 bits per heavy atom. The zero-order chi connectivity index (χ0) is 19.4. The molecule has 3 aromatic rings. The van der Waals surface area contributed by atoms with Crippen molar-refractivity contribution in [2.75, 3.05) is 19.7 Å². The number of hydrogen-bond donors (Lipinski definition) is 2. The Balaban J connectivity index is 1.96. The first-order chi connectivity index (χ1) is 12.9. The van der Waals surface area contributed by atoms with Gasteiger partial charge in [-0.25, -0.2) is 4.98 Å². The molecular weight excluding hydrogens is 365 g/mol. The molecule has 8 nitrogen and oxygen atoms in total. The summed E-state index contributed by atoms with van der Waals surface area (Å²) in [4.78, 5) is 26.8. The number of pyridine rings is 1. The molecule has 0 bridgehead atoms. The molecule has 0 saturated heterocycles. The fourth-order valence-corrected chi connectivity index (χ4v) is 2.44. The number of fused-ring (bicyclic) bond motifs is 1. The van der Waals surface area contributed by atoms with Crippen LogP contribution in [0.5, 0.6) is 6.01 Å². The molecular formula is C16H17F3N6O2. The van der Waals surface area contributed by atoms with E-state index in [9.17, 15) is 18.0 Å². The van der Waals surface area contributed by atoms with Gasteiger partial charge in [0.2, 0.25) is 0 Å². The minimum Gasteiger partial charge on any atom is -0.455 e. The summed E-state index contributed by atoms with van der Waals surface area (Å²) in [7, 11) is 0. The van der Waals surface area contributed by atoms with E-state index in [1.165, 1.54) is 12.3 Å². The van der Waals surface area contributed by atoms with Crippen molar-refractivity contribution < 1.29 is 17.9 Å². The minimum atomic E-state index is -4.55. The van der Waals surface area contributed by atoms with E-state index in [0.29, 0.717) is 12.2 Å². The van der Waals surface area contributed by atoms with Gasteiger partial charge in [0, 0.05) is 25.5 Å². The van der Waals surface area contributed by atoms with Gasteiger partial charge in [-0.1, -0.05) is 6.92 Å². The molecule has 0 spiro atoms. The summed E-state index contributed by atoms with van der Waals surface area (Å²) in [5.74, 6) is 0. The van der Waals surface area contributed by atoms with Gasteiger partial charge in [-0.2, -0.15) is 18.2 Å². The highest BCUT2D eigenvalue weighted by atomic mass is 19.4. The van der Waals surface area contributed by atoms with Crippen LogP contribution in [-0.4, -0.2) is 50.4 Å². The van der Waals surface area contributed by atoms with Crippen LogP contribution in [0.25, 0.3) is 22.3 Å². The average molecular weight is 382 g/mol. The Labute approximate surface area is 151 Å². The van der Waals surface area contributed by atoms with E-state index in [4.69, 9.17) is 0 Å². The van der Waals surface area contributed by atoms with Crippen molar-refractivity contribution in [3.8, 4) is 17.4 Å². The van der Waals surface area contributed by atoms with E-state index in [2.05, 4.69) is 30.0 Å². The molecule has 0 saturated carbocycles. The van der Waals surface area contributed by atoms with Gasteiger partial charge in [0.1, 0.15) is 16.9 Å². The highest BCUT2D eigenvalue weighted by molar-refractivity contribution is 5.89. The van der Waals surface area contributed by atoms with Crippen molar-refractivity contribution in [1.82, 2.24) is 29.8 Å². The summed E-state index contributed by atoms with van der Waals surface area (Å²) in [6.07, 6.45) is 0.221. The van der Waals surface area contributed by atoms with Crippen LogP contribution in [0, 0.1) is 0 Å². The number of imidazole rings is 1. The maximum atomic E-state index is 12.4. The van der Waals surface area contributed by atoms with Crippen LogP contribution in [0.3, 0.4) is 0 Å². The first-order valence-electron chi connectivity index (χ1n) is 8.19. The number of nitrogens with one attached hydrogen (secondary N) is 2. The molecule has 0 aliphatic carbocycles. The average Bonchev–Trinajstić information content (AvgIpc) is 3.08. The lowest BCUT2D eigenvalue weighted by atomic mass is 10.2. The van der Waals surface area contributed by atoms with Crippen molar-refractivity contribution in [1.29, 1.82) is 0 Å². The van der Waals surface area contributed by atoms with Gasteiger partial charge in [-0.05, 0) is 12.6 Å². The van der Waals surface area contributed by atoms with Crippen LogP contribution in [0.1, 0.15) is 6.92 Å². The summed E-state index contributed by atoms with van der Waals surface area (Å²) in [5.41, 5.74) is 0.248. The third kappa shape index (κ3) is 4.61. The van der Waals surface area contributed by atoms with Crippen LogP contribution < -0.4 is 15.6 Å². The number of H-pyrrole nitrogens is 1. The molecule has 3 heterocycles. The maximum absolute atomic E-state index is 12.4. The summed E-state index contributed by atoms with van der Waals surface area (Å²) in [6, 6.07) is 0.908. The van der Waals surface area contributed by atoms with Crippen molar-refractivity contribution >= 4 is 10.9 Å². The lowest BCUT2D eigenvalue weighted by molar-refractivity contribution is -0.154. The van der Waals surface area contributed by atoms with Crippen LogP contribution in [0.15, 0.2) is 29.6 Å². The number of alkyl halides is 3. The summed E-state index contributed by atoms with van der Waals surface area (Å²) in [6.45, 7) is 2.72. The Kier molecular flexibility index (Phi) is 5.40. The summed E-state index contributed by atoms with van der Waals surface area (Å²) < 4.78 is 43.5. The van der Waals surface area contributed by atoms with E-state index < -0.39 is 24.4 Å². The minimum absolute atomic E-state index is 0.121. The van der Waals surface area contributed by atoms with Gasteiger partial charge in [-0.3, -0.25) is 14.8 Å². The van der Waals surface area contributed by atoms with Gasteiger partial charge in [0.15, 0.2) is 6.61 Å². The lowest BCUT2D eigenvalue weighted by Crippen LogP contribution is -2.21. The van der Waals surface area contributed by atoms with E-state index in [1.807, 2.05) is 11.5 Å². The first kappa shape index (κ1) is 18.8.